The summed E-state index contributed by atoms with van der Waals surface area (Å²) in [6, 6.07) is 0.422. The number of hydrogen-bond donors (Lipinski definition) is 3. The Morgan fingerprint density at radius 2 is 1.96 bits per heavy atom. The summed E-state index contributed by atoms with van der Waals surface area (Å²) in [5.74, 6) is -1.06. The molecule has 0 saturated carbocycles. The van der Waals surface area contributed by atoms with E-state index in [-0.39, 0.29) is 11.8 Å². The Balaban J connectivity index is 1.39. The molecule has 1 aromatic rings. The summed E-state index contributed by atoms with van der Waals surface area (Å²) in [4.78, 5) is 29.6. The average molecular weight is 349 g/mol. The summed E-state index contributed by atoms with van der Waals surface area (Å²) in [6.07, 6.45) is 7.08. The zero-order valence-electron chi connectivity index (χ0n) is 14.5. The van der Waals surface area contributed by atoms with Crippen LogP contribution in [0.15, 0.2) is 12.5 Å². The third-order valence-corrected chi connectivity index (χ3v) is 5.21. The van der Waals surface area contributed by atoms with E-state index in [1.54, 1.807) is 6.33 Å². The standard InChI is InChI=1S/C17H27N5O3/c23-16(15-11-22(12-20-15)14-1-5-18-6-2-14)19-7-10-21-8-3-13(4-9-21)17(24)25/h11-14,18H,1-10H2,(H,19,23)(H,24,25). The van der Waals surface area contributed by atoms with Crippen molar-refractivity contribution in [3.8, 4) is 0 Å². The lowest BCUT2D eigenvalue weighted by atomic mass is 9.97. The van der Waals surface area contributed by atoms with Crippen LogP contribution in [0.25, 0.3) is 0 Å². The van der Waals surface area contributed by atoms with Gasteiger partial charge >= 0.3 is 5.97 Å². The summed E-state index contributed by atoms with van der Waals surface area (Å²) in [5, 5.41) is 15.3. The Morgan fingerprint density at radius 3 is 2.64 bits per heavy atom. The van der Waals surface area contributed by atoms with Gasteiger partial charge in [-0.1, -0.05) is 0 Å². The Hall–Kier alpha value is -1.93. The lowest BCUT2D eigenvalue weighted by Gasteiger charge is -2.29. The molecular weight excluding hydrogens is 322 g/mol. The topological polar surface area (TPSA) is 99.5 Å². The van der Waals surface area contributed by atoms with Gasteiger partial charge in [-0.05, 0) is 51.9 Å². The molecule has 0 atom stereocenters. The van der Waals surface area contributed by atoms with E-state index < -0.39 is 5.97 Å². The molecule has 0 bridgehead atoms. The third-order valence-electron chi connectivity index (χ3n) is 5.21. The molecular formula is C17H27N5O3. The molecule has 2 aliphatic rings. The van der Waals surface area contributed by atoms with Gasteiger partial charge in [-0.15, -0.1) is 0 Å². The van der Waals surface area contributed by atoms with E-state index in [0.29, 0.717) is 31.1 Å². The molecule has 8 nitrogen and oxygen atoms in total. The van der Waals surface area contributed by atoms with Crippen molar-refractivity contribution in [3.63, 3.8) is 0 Å². The van der Waals surface area contributed by atoms with Gasteiger partial charge in [0.25, 0.3) is 5.91 Å². The number of carboxylic acid groups (broad SMARTS) is 1. The van der Waals surface area contributed by atoms with Crippen molar-refractivity contribution >= 4 is 11.9 Å². The van der Waals surface area contributed by atoms with Gasteiger partial charge in [-0.2, -0.15) is 0 Å². The first-order chi connectivity index (χ1) is 12.1. The Kier molecular flexibility index (Phi) is 6.04. The molecule has 3 N–H and O–H groups in total. The smallest absolute Gasteiger partial charge is 0.306 e. The first-order valence-electron chi connectivity index (χ1n) is 9.11. The molecule has 3 rings (SSSR count). The quantitative estimate of drug-likeness (QED) is 0.685. The van der Waals surface area contributed by atoms with Gasteiger partial charge < -0.3 is 25.2 Å². The molecule has 1 aromatic heterocycles. The molecule has 0 aliphatic carbocycles. The van der Waals surface area contributed by atoms with Gasteiger partial charge in [0.05, 0.1) is 12.2 Å². The Bertz CT molecular complexity index is 589. The van der Waals surface area contributed by atoms with E-state index >= 15 is 0 Å². The molecule has 0 unspecified atom stereocenters. The molecule has 3 heterocycles. The fraction of sp³-hybridized carbons (Fsp3) is 0.706. The van der Waals surface area contributed by atoms with Gasteiger partial charge in [-0.3, -0.25) is 9.59 Å². The number of aromatic nitrogens is 2. The molecule has 25 heavy (non-hydrogen) atoms. The second-order valence-corrected chi connectivity index (χ2v) is 6.90. The van der Waals surface area contributed by atoms with Crippen LogP contribution in [-0.2, 0) is 4.79 Å². The lowest BCUT2D eigenvalue weighted by molar-refractivity contribution is -0.143. The molecule has 0 aromatic carbocycles. The van der Waals surface area contributed by atoms with Crippen molar-refractivity contribution in [1.29, 1.82) is 0 Å². The van der Waals surface area contributed by atoms with Crippen LogP contribution in [0.5, 0.6) is 0 Å². The molecule has 2 saturated heterocycles. The van der Waals surface area contributed by atoms with Gasteiger partial charge in [0.2, 0.25) is 0 Å². The predicted octanol–water partition coefficient (Wildman–Crippen LogP) is 0.334. The minimum Gasteiger partial charge on any atom is -0.481 e. The number of likely N-dealkylation sites (tertiary alicyclic amines) is 1. The molecule has 138 valence electrons. The average Bonchev–Trinajstić information content (AvgIpc) is 3.13. The van der Waals surface area contributed by atoms with E-state index in [4.69, 9.17) is 5.11 Å². The van der Waals surface area contributed by atoms with Crippen LogP contribution in [-0.4, -0.2) is 70.7 Å². The van der Waals surface area contributed by atoms with E-state index in [1.165, 1.54) is 0 Å². The lowest BCUT2D eigenvalue weighted by Crippen LogP contribution is -2.41. The number of carbonyl (C=O) groups excluding carboxylic acids is 1. The highest BCUT2D eigenvalue weighted by Gasteiger charge is 2.24. The number of rotatable bonds is 6. The summed E-state index contributed by atoms with van der Waals surface area (Å²) in [6.45, 7) is 4.85. The number of aliphatic carboxylic acids is 1. The molecule has 0 radical (unpaired) electrons. The summed E-state index contributed by atoms with van der Waals surface area (Å²) in [7, 11) is 0. The summed E-state index contributed by atoms with van der Waals surface area (Å²) < 4.78 is 2.05. The number of hydrogen-bond acceptors (Lipinski definition) is 5. The zero-order chi connectivity index (χ0) is 17.6. The number of piperidine rings is 2. The van der Waals surface area contributed by atoms with Gasteiger partial charge in [0.1, 0.15) is 5.69 Å². The minimum absolute atomic E-state index is 0.145. The number of carboxylic acids is 1. The highest BCUT2D eigenvalue weighted by molar-refractivity contribution is 5.92. The highest BCUT2D eigenvalue weighted by atomic mass is 16.4. The summed E-state index contributed by atoms with van der Waals surface area (Å²) >= 11 is 0. The van der Waals surface area contributed by atoms with E-state index in [0.717, 1.165) is 45.6 Å². The fourth-order valence-corrected chi connectivity index (χ4v) is 3.58. The fourth-order valence-electron chi connectivity index (χ4n) is 3.58. The van der Waals surface area contributed by atoms with Crippen LogP contribution in [0.4, 0.5) is 0 Å². The van der Waals surface area contributed by atoms with Crippen LogP contribution >= 0.6 is 0 Å². The maximum Gasteiger partial charge on any atom is 0.306 e. The Labute approximate surface area is 147 Å². The molecule has 2 fully saturated rings. The number of amides is 1. The molecule has 8 heteroatoms. The largest absolute Gasteiger partial charge is 0.481 e. The molecule has 0 spiro atoms. The van der Waals surface area contributed by atoms with Crippen molar-refractivity contribution in [3.05, 3.63) is 18.2 Å². The number of carbonyl (C=O) groups is 2. The SMILES string of the molecule is O=C(NCCN1CCC(C(=O)O)CC1)c1cn(C2CCNCC2)cn1. The van der Waals surface area contributed by atoms with Crippen molar-refractivity contribution in [2.45, 2.75) is 31.7 Å². The van der Waals surface area contributed by atoms with E-state index in [1.807, 2.05) is 10.8 Å². The normalized spacial score (nSPS) is 20.5. The van der Waals surface area contributed by atoms with Crippen LogP contribution in [0, 0.1) is 5.92 Å². The molecule has 1 amide bonds. The van der Waals surface area contributed by atoms with Gasteiger partial charge in [0.15, 0.2) is 0 Å². The Morgan fingerprint density at radius 1 is 1.24 bits per heavy atom. The van der Waals surface area contributed by atoms with E-state index in [2.05, 4.69) is 20.5 Å². The maximum atomic E-state index is 12.2. The summed E-state index contributed by atoms with van der Waals surface area (Å²) in [5.41, 5.74) is 0.461. The monoisotopic (exact) mass is 349 g/mol. The number of imidazole rings is 1. The van der Waals surface area contributed by atoms with Gasteiger partial charge in [-0.25, -0.2) is 4.98 Å². The van der Waals surface area contributed by atoms with Crippen LogP contribution in [0.1, 0.15) is 42.2 Å². The minimum atomic E-state index is -0.697. The van der Waals surface area contributed by atoms with E-state index in [9.17, 15) is 9.59 Å². The second kappa shape index (κ2) is 8.44. The van der Waals surface area contributed by atoms with Crippen LogP contribution < -0.4 is 10.6 Å². The van der Waals surface area contributed by atoms with Crippen molar-refractivity contribution in [2.24, 2.45) is 5.92 Å². The van der Waals surface area contributed by atoms with Crippen LogP contribution in [0.3, 0.4) is 0 Å². The van der Waals surface area contributed by atoms with Crippen LogP contribution in [0.2, 0.25) is 0 Å². The predicted molar refractivity (Wildman–Crippen MR) is 92.5 cm³/mol. The van der Waals surface area contributed by atoms with Gasteiger partial charge in [0, 0.05) is 25.3 Å². The van der Waals surface area contributed by atoms with Crippen molar-refractivity contribution in [2.75, 3.05) is 39.3 Å². The maximum absolute atomic E-state index is 12.2. The van der Waals surface area contributed by atoms with Crippen molar-refractivity contribution < 1.29 is 14.7 Å². The number of nitrogens with zero attached hydrogens (tertiary/aromatic N) is 3. The number of nitrogens with one attached hydrogen (secondary N) is 2. The zero-order valence-corrected chi connectivity index (χ0v) is 14.5. The van der Waals surface area contributed by atoms with Crippen molar-refractivity contribution in [1.82, 2.24) is 25.1 Å². The highest BCUT2D eigenvalue weighted by Crippen LogP contribution is 2.18. The first kappa shape index (κ1) is 17.9. The first-order valence-corrected chi connectivity index (χ1v) is 9.11. The second-order valence-electron chi connectivity index (χ2n) is 6.90. The third kappa shape index (κ3) is 4.79. The molecule has 2 aliphatic heterocycles.